The molecule has 0 saturated carbocycles. The molecule has 1 aliphatic carbocycles. The summed E-state index contributed by atoms with van der Waals surface area (Å²) in [6, 6.07) is 0. The van der Waals surface area contributed by atoms with E-state index in [9.17, 15) is 9.59 Å². The van der Waals surface area contributed by atoms with Crippen LogP contribution in [-0.4, -0.2) is 40.3 Å². The highest BCUT2D eigenvalue weighted by molar-refractivity contribution is 6.06. The summed E-state index contributed by atoms with van der Waals surface area (Å²) in [5.74, 6) is -4.08. The zero-order valence-corrected chi connectivity index (χ0v) is 13.6. The van der Waals surface area contributed by atoms with E-state index in [1.54, 1.807) is 0 Å². The Labute approximate surface area is 132 Å². The van der Waals surface area contributed by atoms with Gasteiger partial charge in [-0.1, -0.05) is 34.1 Å². The Balaban J connectivity index is -0.000000446. The maximum Gasteiger partial charge on any atom is 0.317 e. The van der Waals surface area contributed by atoms with Crippen molar-refractivity contribution in [2.45, 2.75) is 34.1 Å². The number of hydrogen-bond acceptors (Lipinski definition) is 6. The molecule has 0 unspecified atom stereocenters. The zero-order chi connectivity index (χ0) is 18.1. The lowest BCUT2D eigenvalue weighted by Gasteiger charge is -2.12. The fourth-order valence-electron chi connectivity index (χ4n) is 1.05. The summed E-state index contributed by atoms with van der Waals surface area (Å²) in [5, 5.41) is 26.5. The second-order valence-electron chi connectivity index (χ2n) is 3.56. The lowest BCUT2D eigenvalue weighted by atomic mass is 10.0. The van der Waals surface area contributed by atoms with Gasteiger partial charge in [0, 0.05) is 0 Å². The van der Waals surface area contributed by atoms with Crippen molar-refractivity contribution in [1.82, 2.24) is 0 Å². The first-order valence-electron chi connectivity index (χ1n) is 6.94. The van der Waals surface area contributed by atoms with E-state index in [4.69, 9.17) is 15.3 Å². The minimum atomic E-state index is -1.01. The molecule has 3 N–H and O–H groups in total. The molecule has 0 amide bonds. The Morgan fingerprint density at radius 3 is 1.86 bits per heavy atom. The van der Waals surface area contributed by atoms with Gasteiger partial charge in [0.15, 0.2) is 11.5 Å². The Bertz CT molecular complexity index is 371. The van der Waals surface area contributed by atoms with E-state index < -0.39 is 29.2 Å². The smallest absolute Gasteiger partial charge is 0.317 e. The summed E-state index contributed by atoms with van der Waals surface area (Å²) >= 11 is 0. The third kappa shape index (κ3) is 10.5. The van der Waals surface area contributed by atoms with Crippen LogP contribution in [0.5, 0.6) is 0 Å². The topological polar surface area (TPSA) is 104 Å². The Hall–Kier alpha value is -2.26. The number of carbonyl (C=O) groups excluding carboxylic acids is 2. The maximum absolute atomic E-state index is 11.2. The molecule has 0 aliphatic heterocycles. The van der Waals surface area contributed by atoms with Crippen LogP contribution in [0.1, 0.15) is 34.1 Å². The molecular formula is C16H26O6. The van der Waals surface area contributed by atoms with Gasteiger partial charge in [-0.05, 0) is 12.2 Å². The van der Waals surface area contributed by atoms with E-state index in [1.807, 2.05) is 13.8 Å². The standard InChI is InChI=1S/C9H10O6.C3H8.C2H6.C2H2/c10-1-2-15-9(14)5-3-6(11)8(13)7(12)4-5;1-3-2;2*1-2/h3-5,10-12H,1-2H2;3H2,1-2H3;1-2H3;1-2H. The number of ether oxygens (including phenoxy) is 1. The third-order valence-corrected chi connectivity index (χ3v) is 1.75. The highest BCUT2D eigenvalue weighted by Crippen LogP contribution is 2.17. The number of rotatable bonds is 3. The number of Topliss-reactive ketones (excluding diaryl/α,β-unsaturated/α-hetero) is 1. The van der Waals surface area contributed by atoms with Gasteiger partial charge in [-0.3, -0.25) is 9.59 Å². The number of hydrogen-bond donors (Lipinski definition) is 3. The van der Waals surface area contributed by atoms with E-state index >= 15 is 0 Å². The summed E-state index contributed by atoms with van der Waals surface area (Å²) in [6.45, 7) is 7.76. The Kier molecular flexibility index (Phi) is 18.9. The van der Waals surface area contributed by atoms with E-state index in [-0.39, 0.29) is 13.2 Å². The number of aliphatic hydroxyl groups is 3. The molecule has 0 fully saturated rings. The van der Waals surface area contributed by atoms with Crippen LogP contribution in [0.15, 0.2) is 23.7 Å². The molecule has 0 bridgehead atoms. The maximum atomic E-state index is 11.2. The van der Waals surface area contributed by atoms with Gasteiger partial charge in [-0.2, -0.15) is 0 Å². The number of aliphatic hydroxyl groups excluding tert-OH is 3. The Morgan fingerprint density at radius 2 is 1.55 bits per heavy atom. The number of esters is 1. The Morgan fingerprint density at radius 1 is 1.18 bits per heavy atom. The van der Waals surface area contributed by atoms with Gasteiger partial charge in [-0.15, -0.1) is 12.8 Å². The molecule has 1 aliphatic rings. The van der Waals surface area contributed by atoms with Crippen LogP contribution < -0.4 is 0 Å². The number of carbonyl (C=O) groups is 2. The molecule has 0 aromatic carbocycles. The van der Waals surface area contributed by atoms with Gasteiger partial charge in [0.25, 0.3) is 5.78 Å². The van der Waals surface area contributed by atoms with Crippen molar-refractivity contribution in [3.63, 3.8) is 0 Å². The SMILES string of the molecule is C#C.CC.CCC.O=C1C(O)=CC(C(=O)OCCO)C=C1O. The van der Waals surface area contributed by atoms with Crippen molar-refractivity contribution >= 4 is 11.8 Å². The fourth-order valence-corrected chi connectivity index (χ4v) is 1.05. The lowest BCUT2D eigenvalue weighted by molar-refractivity contribution is -0.146. The minimum absolute atomic E-state index is 0.174. The molecule has 126 valence electrons. The van der Waals surface area contributed by atoms with Gasteiger partial charge in [0.05, 0.1) is 6.61 Å². The van der Waals surface area contributed by atoms with Crippen molar-refractivity contribution in [2.24, 2.45) is 5.92 Å². The van der Waals surface area contributed by atoms with Crippen molar-refractivity contribution in [1.29, 1.82) is 0 Å². The fraction of sp³-hybridized carbons (Fsp3) is 0.500. The first kappa shape index (κ1) is 24.7. The molecule has 0 atom stereocenters. The first-order chi connectivity index (χ1) is 10.5. The van der Waals surface area contributed by atoms with Crippen LogP contribution in [0.4, 0.5) is 0 Å². The van der Waals surface area contributed by atoms with Crippen LogP contribution in [0.3, 0.4) is 0 Å². The largest absolute Gasteiger partial charge is 0.504 e. The molecule has 0 heterocycles. The van der Waals surface area contributed by atoms with Crippen LogP contribution in [-0.2, 0) is 14.3 Å². The van der Waals surface area contributed by atoms with Gasteiger partial charge in [-0.25, -0.2) is 0 Å². The summed E-state index contributed by atoms with van der Waals surface area (Å²) in [4.78, 5) is 22.1. The molecule has 0 aromatic heterocycles. The summed E-state index contributed by atoms with van der Waals surface area (Å²) in [5.41, 5.74) is 0. The van der Waals surface area contributed by atoms with Gasteiger partial charge in [0.2, 0.25) is 0 Å². The predicted octanol–water partition coefficient (Wildman–Crippen LogP) is 2.30. The average Bonchev–Trinajstić information content (AvgIpc) is 2.54. The van der Waals surface area contributed by atoms with Crippen LogP contribution in [0.2, 0.25) is 0 Å². The van der Waals surface area contributed by atoms with E-state index in [1.165, 1.54) is 6.42 Å². The molecular weight excluding hydrogens is 288 g/mol. The third-order valence-electron chi connectivity index (χ3n) is 1.75. The molecule has 6 heteroatoms. The second-order valence-corrected chi connectivity index (χ2v) is 3.56. The van der Waals surface area contributed by atoms with Crippen LogP contribution in [0.25, 0.3) is 0 Å². The summed E-state index contributed by atoms with van der Waals surface area (Å²) in [7, 11) is 0. The first-order valence-corrected chi connectivity index (χ1v) is 6.94. The van der Waals surface area contributed by atoms with Crippen molar-refractivity contribution in [3.05, 3.63) is 23.7 Å². The minimum Gasteiger partial charge on any atom is -0.504 e. The van der Waals surface area contributed by atoms with Crippen LogP contribution >= 0.6 is 0 Å². The molecule has 0 radical (unpaired) electrons. The lowest BCUT2D eigenvalue weighted by Crippen LogP contribution is -2.22. The summed E-state index contributed by atoms with van der Waals surface area (Å²) < 4.78 is 4.55. The normalized spacial score (nSPS) is 12.8. The molecule has 6 nitrogen and oxygen atoms in total. The van der Waals surface area contributed by atoms with Gasteiger partial charge in [0.1, 0.15) is 12.5 Å². The monoisotopic (exact) mass is 314 g/mol. The summed E-state index contributed by atoms with van der Waals surface area (Å²) in [6.07, 6.45) is 11.2. The van der Waals surface area contributed by atoms with Crippen LogP contribution in [0, 0.1) is 18.8 Å². The van der Waals surface area contributed by atoms with E-state index in [0.29, 0.717) is 0 Å². The molecule has 22 heavy (non-hydrogen) atoms. The molecule has 1 rings (SSSR count). The zero-order valence-electron chi connectivity index (χ0n) is 13.6. The number of ketones is 1. The predicted molar refractivity (Wildman–Crippen MR) is 85.2 cm³/mol. The highest BCUT2D eigenvalue weighted by Gasteiger charge is 2.26. The van der Waals surface area contributed by atoms with Gasteiger partial charge < -0.3 is 20.1 Å². The van der Waals surface area contributed by atoms with Crippen molar-refractivity contribution in [3.8, 4) is 12.8 Å². The van der Waals surface area contributed by atoms with Crippen molar-refractivity contribution in [2.75, 3.05) is 13.2 Å². The van der Waals surface area contributed by atoms with E-state index in [2.05, 4.69) is 31.4 Å². The highest BCUT2D eigenvalue weighted by atomic mass is 16.5. The van der Waals surface area contributed by atoms with Crippen molar-refractivity contribution < 1.29 is 29.6 Å². The molecule has 0 spiro atoms. The second kappa shape index (κ2) is 16.8. The molecule has 0 aromatic rings. The number of terminal acetylenes is 1. The quantitative estimate of drug-likeness (QED) is 0.545. The average molecular weight is 314 g/mol. The van der Waals surface area contributed by atoms with Gasteiger partial charge >= 0.3 is 5.97 Å². The molecule has 0 saturated heterocycles. The van der Waals surface area contributed by atoms with E-state index in [0.717, 1.165) is 12.2 Å².